The van der Waals surface area contributed by atoms with Gasteiger partial charge in [0, 0.05) is 6.92 Å². The molecule has 0 saturated carbocycles. The lowest BCUT2D eigenvalue weighted by molar-refractivity contribution is -0.132. The molecule has 110 valence electrons. The fraction of sp³-hybridized carbons (Fsp3) is 0.154. The highest BCUT2D eigenvalue weighted by molar-refractivity contribution is 14.1. The minimum atomic E-state index is -0.565. The standard InChI is InChI=1S/C13H11IN2O5/c1-6(17)21-11-8(14)3-7(5-10(11)20-2)4-9-12(18)16-13(19)15-9/h3-5H,1-2H3,(H2,15,16,18,19). The van der Waals surface area contributed by atoms with E-state index in [0.717, 1.165) is 0 Å². The molecule has 2 rings (SSSR count). The molecule has 1 fully saturated rings. The van der Waals surface area contributed by atoms with Gasteiger partial charge < -0.3 is 14.8 Å². The lowest BCUT2D eigenvalue weighted by atomic mass is 10.1. The summed E-state index contributed by atoms with van der Waals surface area (Å²) in [5.41, 5.74) is 0.762. The summed E-state index contributed by atoms with van der Waals surface area (Å²) in [6.07, 6.45) is 1.50. The molecule has 1 aliphatic rings. The number of carbonyl (C=O) groups is 3. The van der Waals surface area contributed by atoms with Crippen LogP contribution in [0.5, 0.6) is 11.5 Å². The van der Waals surface area contributed by atoms with Crippen molar-refractivity contribution in [3.63, 3.8) is 0 Å². The van der Waals surface area contributed by atoms with Crippen LogP contribution in [-0.4, -0.2) is 25.0 Å². The maximum absolute atomic E-state index is 11.5. The number of imide groups is 1. The van der Waals surface area contributed by atoms with Crippen LogP contribution in [0, 0.1) is 3.57 Å². The van der Waals surface area contributed by atoms with Crippen LogP contribution < -0.4 is 20.1 Å². The molecule has 0 bridgehead atoms. The molecule has 7 nitrogen and oxygen atoms in total. The van der Waals surface area contributed by atoms with Crippen LogP contribution >= 0.6 is 22.6 Å². The average Bonchev–Trinajstić information content (AvgIpc) is 2.70. The molecule has 1 aromatic carbocycles. The fourth-order valence-corrected chi connectivity index (χ4v) is 2.45. The van der Waals surface area contributed by atoms with Crippen LogP contribution in [0.3, 0.4) is 0 Å². The average molecular weight is 402 g/mol. The first-order valence-corrected chi connectivity index (χ1v) is 6.88. The molecule has 0 spiro atoms. The van der Waals surface area contributed by atoms with Gasteiger partial charge in [0.2, 0.25) is 0 Å². The Morgan fingerprint density at radius 1 is 1.29 bits per heavy atom. The van der Waals surface area contributed by atoms with Crippen LogP contribution in [0.1, 0.15) is 12.5 Å². The number of methoxy groups -OCH3 is 1. The maximum atomic E-state index is 11.5. The number of amides is 3. The number of hydrogen-bond acceptors (Lipinski definition) is 5. The Hall–Kier alpha value is -2.10. The summed E-state index contributed by atoms with van der Waals surface area (Å²) < 4.78 is 10.9. The van der Waals surface area contributed by atoms with Crippen molar-refractivity contribution < 1.29 is 23.9 Å². The number of hydrogen-bond donors (Lipinski definition) is 2. The first-order valence-electron chi connectivity index (χ1n) is 5.80. The number of rotatable bonds is 3. The van der Waals surface area contributed by atoms with Crippen LogP contribution in [0.25, 0.3) is 6.08 Å². The Morgan fingerprint density at radius 2 is 2.00 bits per heavy atom. The summed E-state index contributed by atoms with van der Waals surface area (Å²) in [5, 5.41) is 4.50. The molecule has 0 atom stereocenters. The number of ether oxygens (including phenoxy) is 2. The van der Waals surface area contributed by atoms with Crippen molar-refractivity contribution in [3.8, 4) is 11.5 Å². The molecule has 0 aromatic heterocycles. The van der Waals surface area contributed by atoms with E-state index in [1.165, 1.54) is 20.1 Å². The Kier molecular flexibility index (Phi) is 4.46. The van der Waals surface area contributed by atoms with Gasteiger partial charge in [-0.15, -0.1) is 0 Å². The Bertz CT molecular complexity index is 669. The largest absolute Gasteiger partial charge is 0.493 e. The zero-order valence-corrected chi connectivity index (χ0v) is 13.3. The smallest absolute Gasteiger partial charge is 0.326 e. The predicted molar refractivity (Wildman–Crippen MR) is 81.7 cm³/mol. The van der Waals surface area contributed by atoms with E-state index in [1.54, 1.807) is 12.1 Å². The summed E-state index contributed by atoms with van der Waals surface area (Å²) in [6, 6.07) is 2.74. The van der Waals surface area contributed by atoms with E-state index < -0.39 is 17.9 Å². The van der Waals surface area contributed by atoms with Crippen LogP contribution in [0.4, 0.5) is 4.79 Å². The lowest BCUT2D eigenvalue weighted by Crippen LogP contribution is -2.22. The topological polar surface area (TPSA) is 93.7 Å². The van der Waals surface area contributed by atoms with E-state index in [-0.39, 0.29) is 5.70 Å². The van der Waals surface area contributed by atoms with Gasteiger partial charge in [0.05, 0.1) is 10.7 Å². The predicted octanol–water partition coefficient (Wildman–Crippen LogP) is 1.41. The van der Waals surface area contributed by atoms with Crippen LogP contribution in [0.15, 0.2) is 17.8 Å². The van der Waals surface area contributed by atoms with E-state index >= 15 is 0 Å². The van der Waals surface area contributed by atoms with Gasteiger partial charge in [-0.3, -0.25) is 14.9 Å². The zero-order chi connectivity index (χ0) is 15.6. The highest BCUT2D eigenvalue weighted by Crippen LogP contribution is 2.34. The van der Waals surface area contributed by atoms with Crippen molar-refractivity contribution in [1.29, 1.82) is 0 Å². The van der Waals surface area contributed by atoms with Gasteiger partial charge in [-0.05, 0) is 46.4 Å². The third-order valence-electron chi connectivity index (χ3n) is 2.53. The number of nitrogens with one attached hydrogen (secondary N) is 2. The third kappa shape index (κ3) is 3.51. The fourth-order valence-electron chi connectivity index (χ4n) is 1.71. The van der Waals surface area contributed by atoms with Gasteiger partial charge in [0.1, 0.15) is 5.70 Å². The minimum absolute atomic E-state index is 0.137. The van der Waals surface area contributed by atoms with Gasteiger partial charge >= 0.3 is 12.0 Å². The Labute approximate surface area is 133 Å². The maximum Gasteiger partial charge on any atom is 0.326 e. The number of benzene rings is 1. The van der Waals surface area contributed by atoms with Gasteiger partial charge in [-0.25, -0.2) is 4.79 Å². The molecule has 21 heavy (non-hydrogen) atoms. The van der Waals surface area contributed by atoms with Gasteiger partial charge in [-0.1, -0.05) is 0 Å². The van der Waals surface area contributed by atoms with Crippen molar-refractivity contribution in [3.05, 3.63) is 27.0 Å². The van der Waals surface area contributed by atoms with Crippen molar-refractivity contribution in [1.82, 2.24) is 10.6 Å². The normalized spacial score (nSPS) is 15.7. The number of urea groups is 1. The summed E-state index contributed by atoms with van der Waals surface area (Å²) in [5.74, 6) is -0.292. The molecule has 8 heteroatoms. The van der Waals surface area contributed by atoms with Gasteiger partial charge in [0.25, 0.3) is 5.91 Å². The molecule has 1 aliphatic heterocycles. The SMILES string of the molecule is COc1cc(C=C2NC(=O)NC2=O)cc(I)c1OC(C)=O. The van der Waals surface area contributed by atoms with Crippen molar-refractivity contribution in [2.24, 2.45) is 0 Å². The number of esters is 1. The summed E-state index contributed by atoms with van der Waals surface area (Å²) in [7, 11) is 1.44. The first-order chi connectivity index (χ1) is 9.90. The second kappa shape index (κ2) is 6.12. The molecule has 1 heterocycles. The molecule has 2 N–H and O–H groups in total. The van der Waals surface area contributed by atoms with E-state index in [4.69, 9.17) is 9.47 Å². The molecular weight excluding hydrogens is 391 g/mol. The number of halogens is 1. The van der Waals surface area contributed by atoms with E-state index in [0.29, 0.717) is 20.6 Å². The highest BCUT2D eigenvalue weighted by Gasteiger charge is 2.23. The lowest BCUT2D eigenvalue weighted by Gasteiger charge is -2.11. The van der Waals surface area contributed by atoms with E-state index in [2.05, 4.69) is 10.6 Å². The summed E-state index contributed by atoms with van der Waals surface area (Å²) >= 11 is 1.99. The quantitative estimate of drug-likeness (QED) is 0.262. The Morgan fingerprint density at radius 3 is 2.52 bits per heavy atom. The van der Waals surface area contributed by atoms with E-state index in [9.17, 15) is 14.4 Å². The van der Waals surface area contributed by atoms with Crippen LogP contribution in [-0.2, 0) is 9.59 Å². The Balaban J connectivity index is 2.41. The van der Waals surface area contributed by atoms with Crippen molar-refractivity contribution >= 4 is 46.6 Å². The highest BCUT2D eigenvalue weighted by atomic mass is 127. The second-order valence-electron chi connectivity index (χ2n) is 4.09. The van der Waals surface area contributed by atoms with Crippen molar-refractivity contribution in [2.45, 2.75) is 6.92 Å². The molecule has 0 aliphatic carbocycles. The monoisotopic (exact) mass is 402 g/mol. The molecule has 1 saturated heterocycles. The van der Waals surface area contributed by atoms with Crippen molar-refractivity contribution in [2.75, 3.05) is 7.11 Å². The first kappa shape index (κ1) is 15.3. The second-order valence-corrected chi connectivity index (χ2v) is 5.26. The number of carbonyl (C=O) groups excluding carboxylic acids is 3. The minimum Gasteiger partial charge on any atom is -0.493 e. The van der Waals surface area contributed by atoms with Gasteiger partial charge in [-0.2, -0.15) is 0 Å². The molecule has 3 amide bonds. The van der Waals surface area contributed by atoms with E-state index in [1.807, 2.05) is 22.6 Å². The molecule has 0 unspecified atom stereocenters. The molecule has 1 aromatic rings. The van der Waals surface area contributed by atoms with Crippen LogP contribution in [0.2, 0.25) is 0 Å². The summed E-state index contributed by atoms with van der Waals surface area (Å²) in [6.45, 7) is 1.30. The molecule has 0 radical (unpaired) electrons. The van der Waals surface area contributed by atoms with Gasteiger partial charge in [0.15, 0.2) is 11.5 Å². The summed E-state index contributed by atoms with van der Waals surface area (Å²) in [4.78, 5) is 33.6. The third-order valence-corrected chi connectivity index (χ3v) is 3.33. The molecular formula is C13H11IN2O5. The zero-order valence-electron chi connectivity index (χ0n) is 11.2.